The lowest BCUT2D eigenvalue weighted by molar-refractivity contribution is 0.103. The molecule has 0 spiro atoms. The van der Waals surface area contributed by atoms with Crippen LogP contribution in [0.25, 0.3) is 0 Å². The quantitative estimate of drug-likeness (QED) is 0.712. The zero-order valence-electron chi connectivity index (χ0n) is 12.1. The monoisotopic (exact) mass is 330 g/mol. The third-order valence-corrected chi connectivity index (χ3v) is 3.43. The van der Waals surface area contributed by atoms with Gasteiger partial charge in [0, 0.05) is 17.3 Å². The molecule has 0 saturated heterocycles. The van der Waals surface area contributed by atoms with Crippen molar-refractivity contribution >= 4 is 29.0 Å². The Hall–Kier alpha value is -2.73. The van der Waals surface area contributed by atoms with Crippen molar-refractivity contribution < 1.29 is 9.18 Å². The van der Waals surface area contributed by atoms with Crippen molar-refractivity contribution in [3.63, 3.8) is 0 Å². The first-order valence-corrected chi connectivity index (χ1v) is 7.16. The smallest absolute Gasteiger partial charge is 0.211 e. The molecular formula is C16H12ClFN4O. The Morgan fingerprint density at radius 3 is 2.74 bits per heavy atom. The Kier molecular flexibility index (Phi) is 4.08. The van der Waals surface area contributed by atoms with E-state index in [4.69, 9.17) is 11.6 Å². The van der Waals surface area contributed by atoms with Crippen LogP contribution in [0.15, 0.2) is 42.5 Å². The number of aryl methyl sites for hydroxylation is 1. The summed E-state index contributed by atoms with van der Waals surface area (Å²) in [6.45, 7) is 1.88. The van der Waals surface area contributed by atoms with Gasteiger partial charge in [-0.05, 0) is 37.3 Å². The van der Waals surface area contributed by atoms with Gasteiger partial charge in [-0.1, -0.05) is 17.7 Å². The Labute approximate surface area is 136 Å². The fourth-order valence-corrected chi connectivity index (χ4v) is 2.15. The number of carbonyl (C=O) groups excluding carboxylic acids is 1. The summed E-state index contributed by atoms with van der Waals surface area (Å²) >= 11 is 5.63. The van der Waals surface area contributed by atoms with Crippen LogP contribution < -0.4 is 5.32 Å². The van der Waals surface area contributed by atoms with Gasteiger partial charge in [-0.2, -0.15) is 5.10 Å². The van der Waals surface area contributed by atoms with E-state index in [0.717, 1.165) is 11.8 Å². The molecule has 0 aliphatic heterocycles. The standard InChI is InChI=1S/C16H12ClFN4O/c1-9-7-15(22-21-9)20-14-4-2-3-13(19-14)16(23)10-5-6-11(17)12(18)8-10/h2-8H,1H3,(H2,19,20,21,22). The average Bonchev–Trinajstić information content (AvgIpc) is 2.94. The van der Waals surface area contributed by atoms with Crippen molar-refractivity contribution in [3.8, 4) is 0 Å². The van der Waals surface area contributed by atoms with Gasteiger partial charge >= 0.3 is 0 Å². The molecule has 3 rings (SSSR count). The molecule has 0 fully saturated rings. The highest BCUT2D eigenvalue weighted by atomic mass is 35.5. The van der Waals surface area contributed by atoms with E-state index in [2.05, 4.69) is 20.5 Å². The maximum Gasteiger partial charge on any atom is 0.211 e. The van der Waals surface area contributed by atoms with Gasteiger partial charge in [0.15, 0.2) is 5.82 Å². The molecule has 0 radical (unpaired) electrons. The number of anilines is 2. The topological polar surface area (TPSA) is 70.7 Å². The molecule has 2 aromatic heterocycles. The number of aromatic nitrogens is 3. The van der Waals surface area contributed by atoms with Crippen LogP contribution in [0.2, 0.25) is 5.02 Å². The van der Waals surface area contributed by atoms with Crippen molar-refractivity contribution in [1.29, 1.82) is 0 Å². The molecule has 0 bridgehead atoms. The van der Waals surface area contributed by atoms with Gasteiger partial charge in [0.25, 0.3) is 0 Å². The molecule has 0 aliphatic carbocycles. The van der Waals surface area contributed by atoms with Gasteiger partial charge in [-0.3, -0.25) is 9.89 Å². The van der Waals surface area contributed by atoms with E-state index >= 15 is 0 Å². The van der Waals surface area contributed by atoms with E-state index in [0.29, 0.717) is 11.6 Å². The lowest BCUT2D eigenvalue weighted by Crippen LogP contribution is -2.06. The van der Waals surface area contributed by atoms with Crippen LogP contribution >= 0.6 is 11.6 Å². The highest BCUT2D eigenvalue weighted by molar-refractivity contribution is 6.30. The lowest BCUT2D eigenvalue weighted by atomic mass is 10.1. The minimum absolute atomic E-state index is 0.0289. The maximum absolute atomic E-state index is 13.5. The van der Waals surface area contributed by atoms with Crippen LogP contribution in [0, 0.1) is 12.7 Å². The Morgan fingerprint density at radius 2 is 2.04 bits per heavy atom. The van der Waals surface area contributed by atoms with E-state index in [1.807, 2.05) is 13.0 Å². The number of ketones is 1. The summed E-state index contributed by atoms with van der Waals surface area (Å²) in [4.78, 5) is 16.6. The van der Waals surface area contributed by atoms with Crippen LogP contribution in [0.4, 0.5) is 16.0 Å². The van der Waals surface area contributed by atoms with Crippen LogP contribution in [-0.4, -0.2) is 21.0 Å². The number of hydrogen-bond acceptors (Lipinski definition) is 4. The SMILES string of the molecule is Cc1cc(Nc2cccc(C(=O)c3ccc(Cl)c(F)c3)n2)n[nH]1. The molecule has 0 atom stereocenters. The van der Waals surface area contributed by atoms with E-state index < -0.39 is 5.82 Å². The molecule has 1 aromatic carbocycles. The summed E-state index contributed by atoms with van der Waals surface area (Å²) in [5.74, 6) is 0.0372. The second kappa shape index (κ2) is 6.18. The van der Waals surface area contributed by atoms with Crippen molar-refractivity contribution in [2.24, 2.45) is 0 Å². The number of nitrogens with one attached hydrogen (secondary N) is 2. The molecule has 7 heteroatoms. The van der Waals surface area contributed by atoms with Crippen molar-refractivity contribution in [1.82, 2.24) is 15.2 Å². The molecule has 5 nitrogen and oxygen atoms in total. The van der Waals surface area contributed by atoms with Gasteiger partial charge in [0.1, 0.15) is 17.3 Å². The fraction of sp³-hybridized carbons (Fsp3) is 0.0625. The molecule has 3 aromatic rings. The van der Waals surface area contributed by atoms with Gasteiger partial charge in [-0.25, -0.2) is 9.37 Å². The van der Waals surface area contributed by atoms with Crippen molar-refractivity contribution in [2.75, 3.05) is 5.32 Å². The number of aromatic amines is 1. The predicted molar refractivity (Wildman–Crippen MR) is 85.7 cm³/mol. The Bertz CT molecular complexity index is 878. The van der Waals surface area contributed by atoms with Crippen molar-refractivity contribution in [2.45, 2.75) is 6.92 Å². The van der Waals surface area contributed by atoms with Gasteiger partial charge < -0.3 is 5.32 Å². The van der Waals surface area contributed by atoms with E-state index in [9.17, 15) is 9.18 Å². The summed E-state index contributed by atoms with van der Waals surface area (Å²) in [6, 6.07) is 10.7. The molecule has 0 saturated carbocycles. The van der Waals surface area contributed by atoms with Gasteiger partial charge in [-0.15, -0.1) is 0 Å². The molecule has 23 heavy (non-hydrogen) atoms. The minimum Gasteiger partial charge on any atom is -0.323 e. The number of carbonyl (C=O) groups is 1. The molecule has 0 amide bonds. The van der Waals surface area contributed by atoms with E-state index in [1.54, 1.807) is 18.2 Å². The highest BCUT2D eigenvalue weighted by Crippen LogP contribution is 2.19. The van der Waals surface area contributed by atoms with Crippen LogP contribution in [0.5, 0.6) is 0 Å². The molecule has 116 valence electrons. The number of nitrogens with zero attached hydrogens (tertiary/aromatic N) is 2. The average molecular weight is 331 g/mol. The number of H-pyrrole nitrogens is 1. The van der Waals surface area contributed by atoms with Crippen LogP contribution in [0.3, 0.4) is 0 Å². The molecule has 0 unspecified atom stereocenters. The second-order valence-electron chi connectivity index (χ2n) is 4.93. The van der Waals surface area contributed by atoms with E-state index in [1.165, 1.54) is 12.1 Å². The Balaban J connectivity index is 1.86. The Morgan fingerprint density at radius 1 is 1.22 bits per heavy atom. The summed E-state index contributed by atoms with van der Waals surface area (Å²) in [5.41, 5.74) is 1.28. The van der Waals surface area contributed by atoms with E-state index in [-0.39, 0.29) is 22.1 Å². The first kappa shape index (κ1) is 15.2. The minimum atomic E-state index is -0.640. The highest BCUT2D eigenvalue weighted by Gasteiger charge is 2.13. The lowest BCUT2D eigenvalue weighted by Gasteiger charge is -2.05. The summed E-state index contributed by atoms with van der Waals surface area (Å²) in [7, 11) is 0. The number of hydrogen-bond donors (Lipinski definition) is 2. The summed E-state index contributed by atoms with van der Waals surface area (Å²) in [5, 5.41) is 9.80. The zero-order chi connectivity index (χ0) is 16.4. The fourth-order valence-electron chi connectivity index (χ4n) is 2.03. The first-order chi connectivity index (χ1) is 11.0. The second-order valence-corrected chi connectivity index (χ2v) is 5.33. The summed E-state index contributed by atoms with van der Waals surface area (Å²) < 4.78 is 13.5. The third kappa shape index (κ3) is 3.37. The largest absolute Gasteiger partial charge is 0.323 e. The maximum atomic E-state index is 13.5. The number of rotatable bonds is 4. The number of benzene rings is 1. The van der Waals surface area contributed by atoms with Crippen molar-refractivity contribution in [3.05, 3.63) is 70.3 Å². The molecule has 2 heterocycles. The number of pyridine rings is 1. The first-order valence-electron chi connectivity index (χ1n) is 6.79. The summed E-state index contributed by atoms with van der Waals surface area (Å²) in [6.07, 6.45) is 0. The molecule has 0 aliphatic rings. The van der Waals surface area contributed by atoms with Crippen LogP contribution in [0.1, 0.15) is 21.7 Å². The molecular weight excluding hydrogens is 319 g/mol. The zero-order valence-corrected chi connectivity index (χ0v) is 12.9. The van der Waals surface area contributed by atoms with Crippen LogP contribution in [-0.2, 0) is 0 Å². The predicted octanol–water partition coefficient (Wildman–Crippen LogP) is 3.88. The van der Waals surface area contributed by atoms with Gasteiger partial charge in [0.05, 0.1) is 5.02 Å². The van der Waals surface area contributed by atoms with Gasteiger partial charge in [0.2, 0.25) is 5.78 Å². The third-order valence-electron chi connectivity index (χ3n) is 3.13. The molecule has 2 N–H and O–H groups in total. The normalized spacial score (nSPS) is 10.6. The number of halogens is 2.